The van der Waals surface area contributed by atoms with E-state index in [4.69, 9.17) is 4.74 Å². The summed E-state index contributed by atoms with van der Waals surface area (Å²) in [6.45, 7) is 4.59. The molecule has 3 aliphatic rings. The summed E-state index contributed by atoms with van der Waals surface area (Å²) in [5, 5.41) is 10.9. The fraction of sp³-hybridized carbons (Fsp3) is 0.333. The van der Waals surface area contributed by atoms with Crippen molar-refractivity contribution in [2.24, 2.45) is 0 Å². The molecule has 0 bridgehead atoms. The number of fused-ring (bicyclic) bond motifs is 3. The molecular weight excluding hydrogens is 624 g/mol. The van der Waals surface area contributed by atoms with Crippen LogP contribution in [0.2, 0.25) is 0 Å². The van der Waals surface area contributed by atoms with Crippen LogP contribution in [0.5, 0.6) is 0 Å². The minimum atomic E-state index is -0.810. The van der Waals surface area contributed by atoms with Crippen LogP contribution in [0.3, 0.4) is 0 Å². The molecule has 2 N–H and O–H groups in total. The monoisotopic (exact) mass is 656 g/mol. The lowest BCUT2D eigenvalue weighted by Gasteiger charge is -2.38. The summed E-state index contributed by atoms with van der Waals surface area (Å²) in [7, 11) is 0. The number of hydrogen-bond donors (Lipinski definition) is 2. The van der Waals surface area contributed by atoms with Crippen molar-refractivity contribution < 1.29 is 19.1 Å². The second kappa shape index (κ2) is 11.8. The maximum Gasteiger partial charge on any atom is 0.253 e. The van der Waals surface area contributed by atoms with E-state index in [-0.39, 0.29) is 24.3 Å². The average Bonchev–Trinajstić information content (AvgIpc) is 3.60. The summed E-state index contributed by atoms with van der Waals surface area (Å²) in [4.78, 5) is 46.9. The van der Waals surface area contributed by atoms with Crippen LogP contribution in [0.15, 0.2) is 71.3 Å². The van der Waals surface area contributed by atoms with Crippen molar-refractivity contribution in [2.75, 3.05) is 56.2 Å². The average molecular weight is 658 g/mol. The maximum atomic E-state index is 14.3. The van der Waals surface area contributed by atoms with Gasteiger partial charge >= 0.3 is 0 Å². The lowest BCUT2D eigenvalue weighted by Crippen LogP contribution is -2.51. The van der Waals surface area contributed by atoms with Gasteiger partial charge in [-0.2, -0.15) is 5.10 Å². The highest BCUT2D eigenvalue weighted by Gasteiger charge is 2.53. The normalized spacial score (nSPS) is 18.2. The first kappa shape index (κ1) is 28.7. The number of aromatic nitrogens is 2. The van der Waals surface area contributed by atoms with E-state index >= 15 is 0 Å². The molecule has 10 nitrogen and oxygen atoms in total. The Balaban J connectivity index is 1.08. The number of hydrogen-bond acceptors (Lipinski definition) is 6. The van der Waals surface area contributed by atoms with E-state index in [2.05, 4.69) is 36.3 Å². The number of halogens is 1. The number of anilines is 2. The fourth-order valence-electron chi connectivity index (χ4n) is 6.77. The second-order valence-corrected chi connectivity index (χ2v) is 12.5. The molecule has 3 amide bonds. The van der Waals surface area contributed by atoms with Crippen LogP contribution in [-0.2, 0) is 26.3 Å². The number of ether oxygens (including phenoxy) is 1. The zero-order chi connectivity index (χ0) is 30.3. The number of nitrogens with one attached hydrogen (secondary N) is 2. The zero-order valence-corrected chi connectivity index (χ0v) is 25.8. The van der Waals surface area contributed by atoms with Crippen LogP contribution in [0, 0.1) is 0 Å². The Kier molecular flexibility index (Phi) is 7.69. The van der Waals surface area contributed by atoms with Gasteiger partial charge in [-0.15, -0.1) is 0 Å². The third-order valence-electron chi connectivity index (χ3n) is 9.10. The van der Waals surface area contributed by atoms with Crippen molar-refractivity contribution in [3.63, 3.8) is 0 Å². The molecule has 2 fully saturated rings. The number of nitrogens with zero attached hydrogens (tertiary/aromatic N) is 4. The van der Waals surface area contributed by atoms with Crippen LogP contribution in [0.1, 0.15) is 34.3 Å². The summed E-state index contributed by atoms with van der Waals surface area (Å²) in [5.74, 6) is -0.409. The predicted octanol–water partition coefficient (Wildman–Crippen LogP) is 4.32. The number of piperidine rings is 1. The van der Waals surface area contributed by atoms with Crippen LogP contribution in [-0.4, -0.2) is 83.7 Å². The highest BCUT2D eigenvalue weighted by molar-refractivity contribution is 9.10. The third kappa shape index (κ3) is 5.18. The van der Waals surface area contributed by atoms with E-state index in [9.17, 15) is 14.4 Å². The molecule has 0 atom stereocenters. The number of H-pyrrole nitrogens is 1. The predicted molar refractivity (Wildman–Crippen MR) is 171 cm³/mol. The number of amides is 3. The maximum absolute atomic E-state index is 14.3. The van der Waals surface area contributed by atoms with Gasteiger partial charge in [-0.25, -0.2) is 0 Å². The van der Waals surface area contributed by atoms with Gasteiger partial charge in [0.25, 0.3) is 5.91 Å². The summed E-state index contributed by atoms with van der Waals surface area (Å²) >= 11 is 3.71. The summed E-state index contributed by atoms with van der Waals surface area (Å²) in [6.07, 6.45) is 2.65. The number of benzene rings is 3. The fourth-order valence-corrected chi connectivity index (χ4v) is 7.51. The summed E-state index contributed by atoms with van der Waals surface area (Å²) < 4.78 is 6.32. The van der Waals surface area contributed by atoms with Gasteiger partial charge in [-0.05, 0) is 54.8 Å². The number of likely N-dealkylation sites (tertiary alicyclic amines) is 1. The Morgan fingerprint density at radius 3 is 2.61 bits per heavy atom. The molecule has 4 aromatic rings. The number of aromatic amines is 1. The highest BCUT2D eigenvalue weighted by atomic mass is 79.9. The van der Waals surface area contributed by atoms with Crippen molar-refractivity contribution in [1.82, 2.24) is 20.0 Å². The minimum Gasteiger partial charge on any atom is -0.379 e. The second-order valence-electron chi connectivity index (χ2n) is 11.7. The van der Waals surface area contributed by atoms with Crippen molar-refractivity contribution in [3.05, 3.63) is 88.0 Å². The standard InChI is InChI=1S/C33H33BrN6O4/c34-25-5-3-7-28-30(25)33(10-12-39(13-11-33)31(42)22-8-9-27-24(18-22)19-35-37-27)32(43)40(28)21-29(41)36-26-6-2-1-4-23(26)20-38-14-16-44-17-15-38/h1-9,18-19H,10-17,20-21H2,(H,35,37)(H,36,41). The zero-order valence-electron chi connectivity index (χ0n) is 24.2. The van der Waals surface area contributed by atoms with Crippen molar-refractivity contribution in [1.29, 1.82) is 0 Å². The Morgan fingerprint density at radius 1 is 1.00 bits per heavy atom. The Bertz CT molecular complexity index is 1740. The smallest absolute Gasteiger partial charge is 0.253 e. The lowest BCUT2D eigenvalue weighted by molar-refractivity contribution is -0.126. The van der Waals surface area contributed by atoms with Gasteiger partial charge in [0.05, 0.1) is 30.3 Å². The van der Waals surface area contributed by atoms with E-state index in [1.54, 1.807) is 17.2 Å². The van der Waals surface area contributed by atoms with Crippen LogP contribution < -0.4 is 10.2 Å². The van der Waals surface area contributed by atoms with Gasteiger partial charge in [-0.3, -0.25) is 24.4 Å². The molecule has 226 valence electrons. The first-order valence-electron chi connectivity index (χ1n) is 14.9. The molecule has 0 radical (unpaired) electrons. The number of carbonyl (C=O) groups excluding carboxylic acids is 3. The van der Waals surface area contributed by atoms with Gasteiger partial charge in [0.1, 0.15) is 6.54 Å². The molecular formula is C33H33BrN6O4. The molecule has 44 heavy (non-hydrogen) atoms. The van der Waals surface area contributed by atoms with Gasteiger partial charge < -0.3 is 19.9 Å². The van der Waals surface area contributed by atoms with Crippen LogP contribution >= 0.6 is 15.9 Å². The van der Waals surface area contributed by atoms with Crippen molar-refractivity contribution >= 4 is 55.9 Å². The molecule has 1 spiro atoms. The largest absolute Gasteiger partial charge is 0.379 e. The number of para-hydroxylation sites is 1. The van der Waals surface area contributed by atoms with Gasteiger partial charge in [0, 0.05) is 65.1 Å². The molecule has 3 aliphatic heterocycles. The molecule has 2 saturated heterocycles. The summed E-state index contributed by atoms with van der Waals surface area (Å²) in [5.41, 5.74) is 4.08. The molecule has 11 heteroatoms. The molecule has 0 aliphatic carbocycles. The van der Waals surface area contributed by atoms with E-state index in [1.165, 1.54) is 0 Å². The first-order chi connectivity index (χ1) is 21.4. The van der Waals surface area contributed by atoms with E-state index in [1.807, 2.05) is 59.5 Å². The van der Waals surface area contributed by atoms with Gasteiger partial charge in [-0.1, -0.05) is 40.2 Å². The minimum absolute atomic E-state index is 0.0623. The molecule has 3 aromatic carbocycles. The molecule has 1 aromatic heterocycles. The first-order valence-corrected chi connectivity index (χ1v) is 15.7. The Hall–Kier alpha value is -4.06. The lowest BCUT2D eigenvalue weighted by atomic mass is 9.73. The SMILES string of the molecule is O=C(CN1C(=O)C2(CCN(C(=O)c3ccc4[nH]ncc4c3)CC2)c2c(Br)cccc21)Nc1ccccc1CN1CCOCC1. The number of rotatable bonds is 6. The molecule has 4 heterocycles. The van der Waals surface area contributed by atoms with E-state index in [0.717, 1.165) is 51.0 Å². The van der Waals surface area contributed by atoms with E-state index in [0.29, 0.717) is 51.3 Å². The molecule has 7 rings (SSSR count). The van der Waals surface area contributed by atoms with Crippen molar-refractivity contribution in [3.8, 4) is 0 Å². The Labute approximate surface area is 263 Å². The Morgan fingerprint density at radius 2 is 1.80 bits per heavy atom. The van der Waals surface area contributed by atoms with Crippen LogP contribution in [0.4, 0.5) is 11.4 Å². The molecule has 0 unspecified atom stereocenters. The van der Waals surface area contributed by atoms with Crippen LogP contribution in [0.25, 0.3) is 10.9 Å². The van der Waals surface area contributed by atoms with E-state index < -0.39 is 5.41 Å². The quantitative estimate of drug-likeness (QED) is 0.320. The topological polar surface area (TPSA) is 111 Å². The number of morpholine rings is 1. The molecule has 0 saturated carbocycles. The highest BCUT2D eigenvalue weighted by Crippen LogP contribution is 2.51. The van der Waals surface area contributed by atoms with Gasteiger partial charge in [0.2, 0.25) is 11.8 Å². The van der Waals surface area contributed by atoms with Crippen molar-refractivity contribution in [2.45, 2.75) is 24.8 Å². The summed E-state index contributed by atoms with van der Waals surface area (Å²) in [6, 6.07) is 19.1. The van der Waals surface area contributed by atoms with Gasteiger partial charge in [0.15, 0.2) is 0 Å². The third-order valence-corrected chi connectivity index (χ3v) is 9.76. The number of carbonyl (C=O) groups is 3.